The number of hydrogen-bond donors (Lipinski definition) is 0. The van der Waals surface area contributed by atoms with Crippen molar-refractivity contribution in [3.8, 4) is 28.3 Å². The second-order valence-corrected chi connectivity index (χ2v) is 8.83. The molecule has 0 bridgehead atoms. The normalized spacial score (nSPS) is 11.6. The minimum atomic E-state index is -0.315. The van der Waals surface area contributed by atoms with Gasteiger partial charge in [-0.2, -0.15) is 0 Å². The molecule has 0 unspecified atom stereocenters. The van der Waals surface area contributed by atoms with Crippen LogP contribution in [0.4, 0.5) is 4.39 Å². The lowest BCUT2D eigenvalue weighted by molar-refractivity contribution is 0.634. The highest BCUT2D eigenvalue weighted by Crippen LogP contribution is 2.39. The molecule has 0 radical (unpaired) electrons. The first-order valence-corrected chi connectivity index (χ1v) is 11.8. The summed E-state index contributed by atoms with van der Waals surface area (Å²) >= 11 is 0. The summed E-state index contributed by atoms with van der Waals surface area (Å²) in [7, 11) is 0. The van der Waals surface area contributed by atoms with Crippen molar-refractivity contribution in [1.29, 1.82) is 0 Å². The Kier molecular flexibility index (Phi) is 4.51. The predicted molar refractivity (Wildman–Crippen MR) is 142 cm³/mol. The molecule has 0 saturated heterocycles. The van der Waals surface area contributed by atoms with Gasteiger partial charge in [-0.05, 0) is 43.3 Å². The van der Waals surface area contributed by atoms with Gasteiger partial charge in [-0.15, -0.1) is 0 Å². The molecule has 4 aromatic carbocycles. The van der Waals surface area contributed by atoms with Crippen LogP contribution < -0.4 is 0 Å². The highest BCUT2D eigenvalue weighted by atomic mass is 19.1. The molecule has 4 nitrogen and oxygen atoms in total. The topological polar surface area (TPSA) is 43.9 Å². The van der Waals surface area contributed by atoms with E-state index < -0.39 is 0 Å². The molecule has 0 spiro atoms. The number of aryl methyl sites for hydroxylation is 1. The minimum Gasteiger partial charge on any atom is -0.455 e. The number of benzene rings is 4. The highest BCUT2D eigenvalue weighted by Gasteiger charge is 2.23. The maximum Gasteiger partial charge on any atom is 0.149 e. The number of imidazole rings is 1. The zero-order valence-electron chi connectivity index (χ0n) is 19.4. The number of rotatable bonds is 3. The Labute approximate surface area is 206 Å². The van der Waals surface area contributed by atoms with Crippen molar-refractivity contribution in [2.45, 2.75) is 6.92 Å². The molecular weight excluding hydrogens is 449 g/mol. The van der Waals surface area contributed by atoms with Crippen LogP contribution in [-0.4, -0.2) is 14.5 Å². The largest absolute Gasteiger partial charge is 0.455 e. The standard InChI is InChI=1S/C31H20FN3O/c1-19-29-26(18-25(33-19)20-10-4-2-5-11-20)35(21-12-6-3-7-13-21)31(34-29)23-16-17-24(32)28-22-14-8-9-15-27(22)36-30(23)28/h2-18H,1H3. The van der Waals surface area contributed by atoms with Crippen molar-refractivity contribution in [2.75, 3.05) is 0 Å². The van der Waals surface area contributed by atoms with Crippen LogP contribution in [0.25, 0.3) is 61.3 Å². The van der Waals surface area contributed by atoms with Gasteiger partial charge in [0.1, 0.15) is 28.3 Å². The lowest BCUT2D eigenvalue weighted by Gasteiger charge is -2.11. The zero-order valence-corrected chi connectivity index (χ0v) is 19.4. The second-order valence-electron chi connectivity index (χ2n) is 8.83. The van der Waals surface area contributed by atoms with E-state index in [-0.39, 0.29) is 5.82 Å². The van der Waals surface area contributed by atoms with Gasteiger partial charge in [-0.25, -0.2) is 9.37 Å². The smallest absolute Gasteiger partial charge is 0.149 e. The van der Waals surface area contributed by atoms with Gasteiger partial charge < -0.3 is 4.42 Å². The van der Waals surface area contributed by atoms with Crippen LogP contribution in [0.2, 0.25) is 0 Å². The third-order valence-corrected chi connectivity index (χ3v) is 6.62. The van der Waals surface area contributed by atoms with Crippen LogP contribution in [-0.2, 0) is 0 Å². The van der Waals surface area contributed by atoms with Gasteiger partial charge in [-0.3, -0.25) is 9.55 Å². The molecular formula is C31H20FN3O. The molecule has 0 fully saturated rings. The van der Waals surface area contributed by atoms with Crippen molar-refractivity contribution in [1.82, 2.24) is 14.5 Å². The van der Waals surface area contributed by atoms with Crippen LogP contribution in [0.1, 0.15) is 5.69 Å². The molecule has 0 aliphatic rings. The van der Waals surface area contributed by atoms with E-state index in [4.69, 9.17) is 14.4 Å². The first-order chi connectivity index (χ1) is 17.7. The molecule has 3 heterocycles. The average molecular weight is 470 g/mol. The maximum absolute atomic E-state index is 15.1. The molecule has 0 aliphatic carbocycles. The van der Waals surface area contributed by atoms with Crippen LogP contribution in [0.3, 0.4) is 0 Å². The third kappa shape index (κ3) is 3.06. The first kappa shape index (κ1) is 20.6. The Balaban J connectivity index is 1.60. The number of fused-ring (bicyclic) bond motifs is 4. The van der Waals surface area contributed by atoms with E-state index in [9.17, 15) is 0 Å². The fourth-order valence-corrected chi connectivity index (χ4v) is 4.97. The maximum atomic E-state index is 15.1. The number of furan rings is 1. The minimum absolute atomic E-state index is 0.315. The molecule has 36 heavy (non-hydrogen) atoms. The quantitative estimate of drug-likeness (QED) is 0.263. The zero-order chi connectivity index (χ0) is 24.2. The summed E-state index contributed by atoms with van der Waals surface area (Å²) in [4.78, 5) is 9.93. The van der Waals surface area contributed by atoms with Crippen molar-refractivity contribution in [2.24, 2.45) is 0 Å². The molecule has 0 amide bonds. The van der Waals surface area contributed by atoms with E-state index in [1.165, 1.54) is 6.07 Å². The molecule has 5 heteroatoms. The third-order valence-electron chi connectivity index (χ3n) is 6.62. The van der Waals surface area contributed by atoms with Crippen molar-refractivity contribution in [3.63, 3.8) is 0 Å². The van der Waals surface area contributed by atoms with Crippen molar-refractivity contribution >= 4 is 33.0 Å². The molecule has 0 aliphatic heterocycles. The van der Waals surface area contributed by atoms with Crippen LogP contribution in [0.15, 0.2) is 108 Å². The Morgan fingerprint density at radius 2 is 1.50 bits per heavy atom. The highest BCUT2D eigenvalue weighted by molar-refractivity contribution is 6.10. The van der Waals surface area contributed by atoms with E-state index in [1.807, 2.05) is 79.7 Å². The van der Waals surface area contributed by atoms with Crippen molar-refractivity contribution < 1.29 is 8.81 Å². The van der Waals surface area contributed by atoms with Gasteiger partial charge in [0.25, 0.3) is 0 Å². The van der Waals surface area contributed by atoms with E-state index in [0.717, 1.165) is 44.6 Å². The van der Waals surface area contributed by atoms with E-state index >= 15 is 4.39 Å². The predicted octanol–water partition coefficient (Wildman–Crippen LogP) is 8.10. The number of hydrogen-bond acceptors (Lipinski definition) is 3. The molecule has 0 atom stereocenters. The molecule has 7 aromatic rings. The number of halogens is 1. The summed E-state index contributed by atoms with van der Waals surface area (Å²) < 4.78 is 23.4. The summed E-state index contributed by atoms with van der Waals surface area (Å²) in [5.74, 6) is 0.362. The van der Waals surface area contributed by atoms with Gasteiger partial charge in [0.05, 0.1) is 27.9 Å². The van der Waals surface area contributed by atoms with Crippen molar-refractivity contribution in [3.05, 3.63) is 115 Å². The number of nitrogens with zero attached hydrogens (tertiary/aromatic N) is 3. The van der Waals surface area contributed by atoms with Gasteiger partial charge in [-0.1, -0.05) is 66.7 Å². The molecule has 3 aromatic heterocycles. The van der Waals surface area contributed by atoms with Crippen LogP contribution >= 0.6 is 0 Å². The number of pyridine rings is 1. The SMILES string of the molecule is Cc1nc(-c2ccccc2)cc2c1nc(-c1ccc(F)c3c1oc1ccccc13)n2-c1ccccc1. The van der Waals surface area contributed by atoms with Crippen LogP contribution in [0.5, 0.6) is 0 Å². The number of aromatic nitrogens is 3. The molecule has 0 N–H and O–H groups in total. The fraction of sp³-hybridized carbons (Fsp3) is 0.0323. The summed E-state index contributed by atoms with van der Waals surface area (Å²) in [6, 6.07) is 33.0. The van der Waals surface area contributed by atoms with Gasteiger partial charge in [0, 0.05) is 16.6 Å². The summed E-state index contributed by atoms with van der Waals surface area (Å²) in [5.41, 5.74) is 7.26. The van der Waals surface area contributed by atoms with E-state index in [0.29, 0.717) is 22.4 Å². The fourth-order valence-electron chi connectivity index (χ4n) is 4.97. The molecule has 7 rings (SSSR count). The summed E-state index contributed by atoms with van der Waals surface area (Å²) in [6.45, 7) is 1.97. The lowest BCUT2D eigenvalue weighted by Crippen LogP contribution is -1.98. The van der Waals surface area contributed by atoms with E-state index in [1.54, 1.807) is 6.07 Å². The van der Waals surface area contributed by atoms with Crippen LogP contribution in [0, 0.1) is 12.7 Å². The first-order valence-electron chi connectivity index (χ1n) is 11.8. The summed E-state index contributed by atoms with van der Waals surface area (Å²) in [5, 5.41) is 1.22. The lowest BCUT2D eigenvalue weighted by atomic mass is 10.1. The Hall–Kier alpha value is -4.77. The Morgan fingerprint density at radius 1 is 0.778 bits per heavy atom. The monoisotopic (exact) mass is 469 g/mol. The molecule has 172 valence electrons. The van der Waals surface area contributed by atoms with Gasteiger partial charge in [0.2, 0.25) is 0 Å². The summed E-state index contributed by atoms with van der Waals surface area (Å²) in [6.07, 6.45) is 0. The number of para-hydroxylation sites is 2. The molecule has 0 saturated carbocycles. The Morgan fingerprint density at radius 3 is 2.31 bits per heavy atom. The van der Waals surface area contributed by atoms with Gasteiger partial charge in [0.15, 0.2) is 0 Å². The van der Waals surface area contributed by atoms with Gasteiger partial charge >= 0.3 is 0 Å². The second kappa shape index (κ2) is 7.89. The average Bonchev–Trinajstić information content (AvgIpc) is 3.50. The Bertz CT molecular complexity index is 1900. The van der Waals surface area contributed by atoms with E-state index in [2.05, 4.69) is 22.8 Å².